The molecule has 3 N–H and O–H groups in total. The predicted octanol–water partition coefficient (Wildman–Crippen LogP) is 8.90. The Morgan fingerprint density at radius 1 is 0.982 bits per heavy atom. The lowest BCUT2D eigenvalue weighted by Gasteiger charge is -2.47. The van der Waals surface area contributed by atoms with Gasteiger partial charge in [0, 0.05) is 41.1 Å². The summed E-state index contributed by atoms with van der Waals surface area (Å²) in [6.45, 7) is 5.26. The second kappa shape index (κ2) is 17.7. The minimum atomic E-state index is -1.13. The van der Waals surface area contributed by atoms with E-state index in [9.17, 15) is 19.5 Å². The van der Waals surface area contributed by atoms with Gasteiger partial charge in [-0.1, -0.05) is 67.9 Å². The highest BCUT2D eigenvalue weighted by molar-refractivity contribution is 6.30. The van der Waals surface area contributed by atoms with Crippen molar-refractivity contribution < 1.29 is 29.0 Å². The van der Waals surface area contributed by atoms with Crippen molar-refractivity contribution in [3.05, 3.63) is 118 Å². The van der Waals surface area contributed by atoms with Gasteiger partial charge in [0.25, 0.3) is 0 Å². The molecule has 0 bridgehead atoms. The van der Waals surface area contributed by atoms with Crippen molar-refractivity contribution in [2.24, 2.45) is 11.8 Å². The number of carbonyl (C=O) groups is 3. The quantitative estimate of drug-likeness (QED) is 0.103. The molecule has 1 saturated carbocycles. The van der Waals surface area contributed by atoms with Crippen molar-refractivity contribution in [2.45, 2.75) is 101 Å². The van der Waals surface area contributed by atoms with E-state index in [1.54, 1.807) is 12.1 Å². The number of carbonyl (C=O) groups excluding carboxylic acids is 2. The van der Waals surface area contributed by atoms with Crippen LogP contribution in [0.5, 0.6) is 11.5 Å². The van der Waals surface area contributed by atoms with E-state index in [1.165, 1.54) is 16.7 Å². The number of anilines is 1. The first-order valence-electron chi connectivity index (χ1n) is 20.5. The summed E-state index contributed by atoms with van der Waals surface area (Å²) in [5.74, 6) is 1.43. The largest absolute Gasteiger partial charge is 0.493 e. The molecule has 10 heteroatoms. The molecule has 3 atom stereocenters. The minimum absolute atomic E-state index is 0.0961. The number of nitrogens with zero attached hydrogens (tertiary/aromatic N) is 1. The van der Waals surface area contributed by atoms with Crippen LogP contribution in [0.3, 0.4) is 0 Å². The van der Waals surface area contributed by atoms with Crippen LogP contribution < -0.4 is 20.1 Å². The van der Waals surface area contributed by atoms with Crippen LogP contribution in [0.15, 0.2) is 85.1 Å². The van der Waals surface area contributed by atoms with Gasteiger partial charge in [0.05, 0.1) is 13.0 Å². The number of aromatic nitrogens is 1. The standard InChI is InChI=1S/C47H54ClN3O6/c1-31(29-57-42-17-23-49-41-13-6-8-32(2)44(41)42)24-35-26-34-14-15-39(56-30-38(52)16-22-50-43(53)25-33-9-4-3-5-10-33)28-40(34)46(35)18-20-47(21-19-46,45(54)55)51-37-12-7-11-36(48)27-37/h3-5,7,9-12,14-15,17,23,27-28,31-32,35,51H,6,8,13,16,18-22,24-26,29-30H2,1-2H3,(H,50,53)(H,54,55)/t31-,32-,35+,46?,47?/m1/s1. The van der Waals surface area contributed by atoms with Gasteiger partial charge in [-0.15, -0.1) is 0 Å². The van der Waals surface area contributed by atoms with Gasteiger partial charge in [-0.3, -0.25) is 14.6 Å². The molecule has 1 fully saturated rings. The zero-order chi connectivity index (χ0) is 40.0. The maximum Gasteiger partial charge on any atom is 0.329 e. The molecule has 0 unspecified atom stereocenters. The van der Waals surface area contributed by atoms with Crippen LogP contribution in [-0.2, 0) is 39.1 Å². The molecule has 4 aromatic rings. The fraction of sp³-hybridized carbons (Fsp3) is 0.447. The Hall–Kier alpha value is -4.89. The van der Waals surface area contributed by atoms with Crippen LogP contribution in [0.25, 0.3) is 0 Å². The highest BCUT2D eigenvalue weighted by Gasteiger charge is 2.54. The number of benzene rings is 3. The average Bonchev–Trinajstić information content (AvgIpc) is 3.48. The first-order valence-corrected chi connectivity index (χ1v) is 20.9. The molecule has 1 aromatic heterocycles. The number of amides is 1. The number of nitrogens with one attached hydrogen (secondary N) is 2. The number of rotatable bonds is 16. The molecule has 1 amide bonds. The number of carboxylic acids is 1. The summed E-state index contributed by atoms with van der Waals surface area (Å²) in [5, 5.41) is 17.4. The van der Waals surface area contributed by atoms with Gasteiger partial charge in [0.2, 0.25) is 5.91 Å². The Kier molecular flexibility index (Phi) is 12.5. The number of hydrogen-bond acceptors (Lipinski definition) is 7. The van der Waals surface area contributed by atoms with Gasteiger partial charge in [-0.25, -0.2) is 4.79 Å². The Balaban J connectivity index is 1.04. The minimum Gasteiger partial charge on any atom is -0.493 e. The lowest BCUT2D eigenvalue weighted by molar-refractivity contribution is -0.144. The Bertz CT molecular complexity index is 2060. The van der Waals surface area contributed by atoms with E-state index in [0.717, 1.165) is 49.1 Å². The molecular formula is C47H54ClN3O6. The van der Waals surface area contributed by atoms with Gasteiger partial charge < -0.3 is 25.2 Å². The lowest BCUT2D eigenvalue weighted by atomic mass is 9.59. The molecule has 57 heavy (non-hydrogen) atoms. The highest BCUT2D eigenvalue weighted by Crippen LogP contribution is 2.57. The van der Waals surface area contributed by atoms with E-state index in [1.807, 2.05) is 60.8 Å². The number of halogens is 1. The maximum absolute atomic E-state index is 13.0. The SMILES string of the molecule is C[C@@H](COc1ccnc2c1[C@H](C)CCC2)C[C@H]1Cc2ccc(OCC(=O)CCNC(=O)Cc3ccccc3)cc2C12CCC(Nc1cccc(Cl)c1)(C(=O)O)CC2. The number of carboxylic acid groups (broad SMARTS) is 1. The summed E-state index contributed by atoms with van der Waals surface area (Å²) in [6.07, 6.45) is 9.64. The van der Waals surface area contributed by atoms with Crippen molar-refractivity contribution >= 4 is 34.9 Å². The summed E-state index contributed by atoms with van der Waals surface area (Å²) in [7, 11) is 0. The van der Waals surface area contributed by atoms with E-state index in [2.05, 4.69) is 41.6 Å². The van der Waals surface area contributed by atoms with E-state index < -0.39 is 11.5 Å². The molecule has 0 saturated heterocycles. The fourth-order valence-electron chi connectivity index (χ4n) is 9.59. The van der Waals surface area contributed by atoms with Gasteiger partial charge in [0.1, 0.15) is 23.6 Å². The molecule has 300 valence electrons. The van der Waals surface area contributed by atoms with Crippen LogP contribution >= 0.6 is 11.6 Å². The molecule has 1 spiro atoms. The zero-order valence-corrected chi connectivity index (χ0v) is 33.8. The third-order valence-corrected chi connectivity index (χ3v) is 12.8. The lowest BCUT2D eigenvalue weighted by Crippen LogP contribution is -2.53. The summed E-state index contributed by atoms with van der Waals surface area (Å²) in [4.78, 5) is 42.9. The van der Waals surface area contributed by atoms with Gasteiger partial charge in [0.15, 0.2) is 5.78 Å². The maximum atomic E-state index is 13.0. The molecule has 3 aliphatic carbocycles. The van der Waals surface area contributed by atoms with E-state index >= 15 is 0 Å². The summed E-state index contributed by atoms with van der Waals surface area (Å²) in [5.41, 5.74) is 5.06. The third-order valence-electron chi connectivity index (χ3n) is 12.6. The van der Waals surface area contributed by atoms with Gasteiger partial charge in [-0.2, -0.15) is 0 Å². The van der Waals surface area contributed by atoms with E-state index in [0.29, 0.717) is 54.7 Å². The van der Waals surface area contributed by atoms with Crippen LogP contribution in [0.4, 0.5) is 5.69 Å². The van der Waals surface area contributed by atoms with E-state index in [4.69, 9.17) is 21.1 Å². The first kappa shape index (κ1) is 40.3. The summed E-state index contributed by atoms with van der Waals surface area (Å²) >= 11 is 6.29. The molecule has 0 aliphatic heterocycles. The number of aliphatic carboxylic acids is 1. The summed E-state index contributed by atoms with van der Waals surface area (Å²) in [6, 6.07) is 24.9. The van der Waals surface area contributed by atoms with Crippen LogP contribution in [0, 0.1) is 11.8 Å². The molecule has 1 heterocycles. The van der Waals surface area contributed by atoms with Crippen molar-refractivity contribution in [2.75, 3.05) is 25.1 Å². The molecule has 3 aromatic carbocycles. The van der Waals surface area contributed by atoms with Crippen molar-refractivity contribution in [3.8, 4) is 11.5 Å². The molecule has 3 aliphatic rings. The predicted molar refractivity (Wildman–Crippen MR) is 222 cm³/mol. The first-order chi connectivity index (χ1) is 27.5. The fourth-order valence-corrected chi connectivity index (χ4v) is 9.78. The topological polar surface area (TPSA) is 127 Å². The third kappa shape index (κ3) is 9.30. The Morgan fingerprint density at radius 3 is 2.56 bits per heavy atom. The summed E-state index contributed by atoms with van der Waals surface area (Å²) < 4.78 is 12.7. The van der Waals surface area contributed by atoms with Crippen molar-refractivity contribution in [1.29, 1.82) is 0 Å². The number of fused-ring (bicyclic) bond motifs is 3. The highest BCUT2D eigenvalue weighted by atomic mass is 35.5. The zero-order valence-electron chi connectivity index (χ0n) is 33.0. The second-order valence-electron chi connectivity index (χ2n) is 16.6. The molecular weight excluding hydrogens is 738 g/mol. The number of ether oxygens (including phenoxy) is 2. The van der Waals surface area contributed by atoms with Crippen LogP contribution in [-0.4, -0.2) is 53.0 Å². The Labute approximate surface area is 340 Å². The molecule has 9 nitrogen and oxygen atoms in total. The average molecular weight is 792 g/mol. The number of Topliss-reactive ketones (excluding diaryl/α,β-unsaturated/α-hetero) is 1. The van der Waals surface area contributed by atoms with Crippen LogP contribution in [0.1, 0.15) is 99.1 Å². The number of hydrogen-bond donors (Lipinski definition) is 3. The number of ketones is 1. The molecule has 7 rings (SSSR count). The normalized spacial score (nSPS) is 22.9. The number of aryl methyl sites for hydroxylation is 1. The van der Waals surface area contributed by atoms with Crippen molar-refractivity contribution in [1.82, 2.24) is 10.3 Å². The second-order valence-corrected chi connectivity index (χ2v) is 17.0. The number of pyridine rings is 1. The van der Waals surface area contributed by atoms with Crippen molar-refractivity contribution in [3.63, 3.8) is 0 Å². The smallest absolute Gasteiger partial charge is 0.329 e. The van der Waals surface area contributed by atoms with Gasteiger partial charge in [-0.05, 0) is 134 Å². The van der Waals surface area contributed by atoms with Gasteiger partial charge >= 0.3 is 5.97 Å². The monoisotopic (exact) mass is 791 g/mol. The molecule has 0 radical (unpaired) electrons. The Morgan fingerprint density at radius 2 is 1.79 bits per heavy atom. The van der Waals surface area contributed by atoms with E-state index in [-0.39, 0.29) is 54.9 Å². The van der Waals surface area contributed by atoms with Crippen LogP contribution in [0.2, 0.25) is 5.02 Å².